The van der Waals surface area contributed by atoms with Crippen LogP contribution in [0.25, 0.3) is 22.2 Å². The molecule has 0 radical (unpaired) electrons. The number of nitrogens with one attached hydrogen (secondary N) is 2. The number of H-pyrrole nitrogens is 2. The molecule has 0 bridgehead atoms. The van der Waals surface area contributed by atoms with Crippen LogP contribution < -0.4 is 11.1 Å². The Hall–Kier alpha value is -3.46. The monoisotopic (exact) mass is 402 g/mol. The average Bonchev–Trinajstić information content (AvgIpc) is 3.40. The highest BCUT2D eigenvalue weighted by molar-refractivity contribution is 5.72. The number of aromatic amines is 2. The summed E-state index contributed by atoms with van der Waals surface area (Å²) in [6.07, 6.45) is -2.26. The molecule has 0 spiro atoms. The molecule has 1 aliphatic heterocycles. The Kier molecular flexibility index (Phi) is 3.82. The fraction of sp³-hybridized carbons (Fsp3) is 0.333. The number of rotatable bonds is 3. The van der Waals surface area contributed by atoms with E-state index in [4.69, 9.17) is 4.74 Å². The fourth-order valence-corrected chi connectivity index (χ4v) is 3.42. The van der Waals surface area contributed by atoms with E-state index in [1.165, 1.54) is 23.4 Å². The lowest BCUT2D eigenvalue weighted by molar-refractivity contribution is -0.112. The summed E-state index contributed by atoms with van der Waals surface area (Å²) in [7, 11) is 0. The number of fused-ring (bicyclic) bond motifs is 2. The van der Waals surface area contributed by atoms with Crippen LogP contribution in [-0.4, -0.2) is 72.9 Å². The summed E-state index contributed by atoms with van der Waals surface area (Å²) in [6.45, 7) is 0. The van der Waals surface area contributed by atoms with Crippen LogP contribution in [0.15, 0.2) is 34.8 Å². The highest BCUT2D eigenvalue weighted by Crippen LogP contribution is 2.35. The Morgan fingerprint density at radius 1 is 1.03 bits per heavy atom. The molecular formula is C15H14N8O6. The number of hydrogen-bond acceptors (Lipinski definition) is 10. The second-order valence-electron chi connectivity index (χ2n) is 6.50. The number of aromatic nitrogens is 8. The Labute approximate surface area is 159 Å². The maximum Gasteiger partial charge on any atom is 0.278 e. The lowest BCUT2D eigenvalue weighted by Crippen LogP contribution is -2.37. The number of aliphatic hydroxyl groups is 3. The number of imidazole rings is 1. The summed E-state index contributed by atoms with van der Waals surface area (Å²) >= 11 is 0. The van der Waals surface area contributed by atoms with Crippen molar-refractivity contribution >= 4 is 22.2 Å². The van der Waals surface area contributed by atoms with E-state index in [-0.39, 0.29) is 22.2 Å². The van der Waals surface area contributed by atoms with Crippen LogP contribution in [-0.2, 0) is 4.74 Å². The quantitative estimate of drug-likeness (QED) is 0.241. The van der Waals surface area contributed by atoms with E-state index in [9.17, 15) is 24.9 Å². The topological polar surface area (TPSA) is 197 Å². The Morgan fingerprint density at radius 2 is 1.76 bits per heavy atom. The van der Waals surface area contributed by atoms with Gasteiger partial charge in [0.25, 0.3) is 11.1 Å². The summed E-state index contributed by atoms with van der Waals surface area (Å²) < 4.78 is 7.99. The van der Waals surface area contributed by atoms with Gasteiger partial charge in [0.1, 0.15) is 23.7 Å². The minimum Gasteiger partial charge on any atom is -0.387 e. The summed E-state index contributed by atoms with van der Waals surface area (Å²) in [5.41, 5.74) is -0.671. The highest BCUT2D eigenvalue weighted by Gasteiger charge is 2.48. The van der Waals surface area contributed by atoms with Crippen molar-refractivity contribution in [3.05, 3.63) is 45.9 Å². The first kappa shape index (κ1) is 17.6. The molecule has 29 heavy (non-hydrogen) atoms. The van der Waals surface area contributed by atoms with E-state index in [0.29, 0.717) is 0 Å². The Balaban J connectivity index is 1.52. The van der Waals surface area contributed by atoms with Crippen molar-refractivity contribution in [2.24, 2.45) is 0 Å². The second kappa shape index (κ2) is 6.28. The van der Waals surface area contributed by atoms with Crippen molar-refractivity contribution in [1.82, 2.24) is 39.3 Å². The molecule has 0 unspecified atom stereocenters. The molecular weight excluding hydrogens is 388 g/mol. The second-order valence-corrected chi connectivity index (χ2v) is 6.50. The van der Waals surface area contributed by atoms with Gasteiger partial charge in [-0.05, 0) is 0 Å². The zero-order valence-corrected chi connectivity index (χ0v) is 14.4. The van der Waals surface area contributed by atoms with Crippen LogP contribution in [0.5, 0.6) is 0 Å². The van der Waals surface area contributed by atoms with Gasteiger partial charge in [-0.3, -0.25) is 14.2 Å². The number of hydrogen-bond donors (Lipinski definition) is 5. The van der Waals surface area contributed by atoms with E-state index >= 15 is 0 Å². The smallest absolute Gasteiger partial charge is 0.278 e. The van der Waals surface area contributed by atoms with Crippen LogP contribution in [0.3, 0.4) is 0 Å². The molecule has 1 fully saturated rings. The van der Waals surface area contributed by atoms with Gasteiger partial charge < -0.3 is 30.0 Å². The van der Waals surface area contributed by atoms with Gasteiger partial charge in [-0.25, -0.2) is 19.6 Å². The van der Waals surface area contributed by atoms with E-state index < -0.39 is 41.9 Å². The van der Waals surface area contributed by atoms with Crippen LogP contribution in [0.2, 0.25) is 0 Å². The van der Waals surface area contributed by atoms with E-state index in [2.05, 4.69) is 30.0 Å². The average molecular weight is 402 g/mol. The molecule has 0 amide bonds. The molecule has 5 N–H and O–H groups in total. The Bertz CT molecular complexity index is 1320. The van der Waals surface area contributed by atoms with Gasteiger partial charge in [-0.1, -0.05) is 0 Å². The van der Waals surface area contributed by atoms with Gasteiger partial charge >= 0.3 is 0 Å². The zero-order valence-electron chi connectivity index (χ0n) is 14.4. The summed E-state index contributed by atoms with van der Waals surface area (Å²) in [5, 5.41) is 35.7. The van der Waals surface area contributed by atoms with Crippen LogP contribution in [0.4, 0.5) is 0 Å². The summed E-state index contributed by atoms with van der Waals surface area (Å²) in [5.74, 6) is 0. The molecule has 5 rings (SSSR count). The first-order valence-electron chi connectivity index (χ1n) is 8.48. The predicted molar refractivity (Wildman–Crippen MR) is 93.5 cm³/mol. The third kappa shape index (κ3) is 2.51. The minimum atomic E-state index is -1.57. The molecule has 0 aliphatic carbocycles. The maximum absolute atomic E-state index is 11.8. The van der Waals surface area contributed by atoms with Gasteiger partial charge in [0, 0.05) is 0 Å². The first-order valence-corrected chi connectivity index (χ1v) is 8.48. The van der Waals surface area contributed by atoms with Crippen LogP contribution >= 0.6 is 0 Å². The maximum atomic E-state index is 11.8. The normalized spacial score (nSPS) is 25.8. The van der Waals surface area contributed by atoms with Crippen molar-refractivity contribution in [3.8, 4) is 0 Å². The molecule has 0 saturated carbocycles. The van der Waals surface area contributed by atoms with Crippen molar-refractivity contribution in [2.75, 3.05) is 0 Å². The molecule has 14 nitrogen and oxygen atoms in total. The standard InChI is InChI=1S/C15H14N8O6/c24-7-8(25)15(22-4-20-6-11(22)17-3-19-13(6)27)29-9(7)14(28)23-10-5(1-21-23)12(26)18-2-16-10/h1-4,7-9,14-15,24-25,28H,(H,16,18,26)(H,17,19,27)/t7-,8+,9-,14+,15+/m0/s1. The van der Waals surface area contributed by atoms with Gasteiger partial charge in [0.15, 0.2) is 29.3 Å². The molecule has 150 valence electrons. The van der Waals surface area contributed by atoms with Crippen LogP contribution in [0, 0.1) is 0 Å². The molecule has 4 aromatic rings. The SMILES string of the molecule is O=c1[nH]cnc2c1cnn2[C@H](O)[C@H]1O[C@@H](n2cnc3c(=O)[nH]cnc32)[C@H](O)[C@@H]1O. The summed E-state index contributed by atoms with van der Waals surface area (Å²) in [6, 6.07) is 0. The molecule has 0 aromatic carbocycles. The van der Waals surface area contributed by atoms with Crippen molar-refractivity contribution < 1.29 is 20.1 Å². The zero-order chi connectivity index (χ0) is 20.3. The fourth-order valence-electron chi connectivity index (χ4n) is 3.42. The third-order valence-corrected chi connectivity index (χ3v) is 4.86. The van der Waals surface area contributed by atoms with Gasteiger partial charge in [-0.15, -0.1) is 0 Å². The highest BCUT2D eigenvalue weighted by atomic mass is 16.6. The lowest BCUT2D eigenvalue weighted by atomic mass is 10.1. The largest absolute Gasteiger partial charge is 0.387 e. The molecule has 1 aliphatic rings. The van der Waals surface area contributed by atoms with Gasteiger partial charge in [0.2, 0.25) is 0 Å². The molecule has 5 heterocycles. The number of aliphatic hydroxyl groups excluding tert-OH is 3. The Morgan fingerprint density at radius 3 is 2.55 bits per heavy atom. The van der Waals surface area contributed by atoms with Crippen molar-refractivity contribution in [2.45, 2.75) is 30.8 Å². The van der Waals surface area contributed by atoms with Crippen LogP contribution in [0.1, 0.15) is 12.5 Å². The van der Waals surface area contributed by atoms with E-state index in [1.807, 2.05) is 0 Å². The van der Waals surface area contributed by atoms with Gasteiger partial charge in [0.05, 0.1) is 25.2 Å². The minimum absolute atomic E-state index is 0.0308. The molecule has 14 heteroatoms. The number of ether oxygens (including phenoxy) is 1. The van der Waals surface area contributed by atoms with E-state index in [0.717, 1.165) is 11.0 Å². The molecule has 1 saturated heterocycles. The third-order valence-electron chi connectivity index (χ3n) is 4.86. The number of nitrogens with zero attached hydrogens (tertiary/aromatic N) is 6. The molecule has 4 aromatic heterocycles. The summed E-state index contributed by atoms with van der Waals surface area (Å²) in [4.78, 5) is 40.4. The molecule has 5 atom stereocenters. The van der Waals surface area contributed by atoms with Crippen molar-refractivity contribution in [3.63, 3.8) is 0 Å². The lowest BCUT2D eigenvalue weighted by Gasteiger charge is -2.21. The first-order chi connectivity index (χ1) is 14.0. The van der Waals surface area contributed by atoms with Gasteiger partial charge in [-0.2, -0.15) is 5.10 Å². The van der Waals surface area contributed by atoms with Crippen molar-refractivity contribution in [1.29, 1.82) is 0 Å². The predicted octanol–water partition coefficient (Wildman–Crippen LogP) is -2.64. The van der Waals surface area contributed by atoms with E-state index in [1.54, 1.807) is 0 Å².